The van der Waals surface area contributed by atoms with Gasteiger partial charge in [-0.05, 0) is 40.5 Å². The summed E-state index contributed by atoms with van der Waals surface area (Å²) in [5.74, 6) is -5.65. The van der Waals surface area contributed by atoms with Crippen LogP contribution < -0.4 is 4.90 Å². The van der Waals surface area contributed by atoms with E-state index in [1.54, 1.807) is 48.5 Å². The van der Waals surface area contributed by atoms with E-state index >= 15 is 0 Å². The molecule has 170 valence electrons. The van der Waals surface area contributed by atoms with E-state index in [1.165, 1.54) is 6.07 Å². The zero-order valence-corrected chi connectivity index (χ0v) is 17.4. The minimum absolute atomic E-state index is 0.215. The molecule has 3 aromatic carbocycles. The van der Waals surface area contributed by atoms with Gasteiger partial charge in [0.1, 0.15) is 5.41 Å². The maximum atomic E-state index is 13.8. The highest BCUT2D eigenvalue weighted by Gasteiger charge is 2.71. The number of rotatable bonds is 2. The molecule has 1 saturated heterocycles. The Hall–Kier alpha value is -3.94. The lowest BCUT2D eigenvalue weighted by Gasteiger charge is -2.51. The standard InChI is InChI=1S/C26H16F3NO4/c27-26(28,29)13-6-5-7-14(12-13)30-22(31)20-19-15-8-1-3-10-17(15)25(24(33)34,21(20)23(30)32)18-11-4-2-9-16(18)19/h1-12,19-21H,(H,33,34). The summed E-state index contributed by atoms with van der Waals surface area (Å²) in [4.78, 5) is 41.3. The normalized spacial score (nSPS) is 26.8. The number of imide groups is 1. The Morgan fingerprint density at radius 1 is 0.853 bits per heavy atom. The third-order valence-corrected chi connectivity index (χ3v) is 7.39. The van der Waals surface area contributed by atoms with Crippen LogP contribution in [0.3, 0.4) is 0 Å². The summed E-state index contributed by atoms with van der Waals surface area (Å²) in [7, 11) is 0. The third kappa shape index (κ3) is 2.32. The topological polar surface area (TPSA) is 74.7 Å². The monoisotopic (exact) mass is 463 g/mol. The molecule has 1 heterocycles. The molecule has 3 aliphatic carbocycles. The van der Waals surface area contributed by atoms with Crippen LogP contribution in [0, 0.1) is 11.8 Å². The van der Waals surface area contributed by atoms with Gasteiger partial charge in [-0.2, -0.15) is 13.2 Å². The number of carboxylic acids is 1. The molecule has 2 unspecified atom stereocenters. The number of hydrogen-bond donors (Lipinski definition) is 1. The summed E-state index contributed by atoms with van der Waals surface area (Å²) in [6.07, 6.45) is -4.66. The van der Waals surface area contributed by atoms with Gasteiger partial charge in [0.2, 0.25) is 11.8 Å². The SMILES string of the molecule is O=C1C2C3c4ccccc4C(C(=O)O)(c4ccccc43)C2C(=O)N1c1cccc(C(F)(F)F)c1. The maximum absolute atomic E-state index is 13.8. The first-order chi connectivity index (χ1) is 16.2. The number of alkyl halides is 3. The maximum Gasteiger partial charge on any atom is 0.416 e. The highest BCUT2D eigenvalue weighted by atomic mass is 19.4. The molecule has 0 radical (unpaired) electrons. The molecule has 1 aliphatic heterocycles. The van der Waals surface area contributed by atoms with E-state index in [2.05, 4.69) is 0 Å². The first kappa shape index (κ1) is 20.7. The first-order valence-corrected chi connectivity index (χ1v) is 10.7. The van der Waals surface area contributed by atoms with Crippen molar-refractivity contribution in [3.63, 3.8) is 0 Å². The van der Waals surface area contributed by atoms with Crippen LogP contribution in [0.15, 0.2) is 72.8 Å². The minimum atomic E-state index is -4.66. The van der Waals surface area contributed by atoms with Gasteiger partial charge in [0.25, 0.3) is 0 Å². The summed E-state index contributed by atoms with van der Waals surface area (Å²) >= 11 is 0. The van der Waals surface area contributed by atoms with Gasteiger partial charge in [0, 0.05) is 5.92 Å². The lowest BCUT2D eigenvalue weighted by Crippen LogP contribution is -2.57. The Morgan fingerprint density at radius 3 is 2.00 bits per heavy atom. The molecule has 7 rings (SSSR count). The van der Waals surface area contributed by atoms with Crippen LogP contribution >= 0.6 is 0 Å². The zero-order chi connectivity index (χ0) is 24.0. The highest BCUT2D eigenvalue weighted by molar-refractivity contribution is 6.25. The Balaban J connectivity index is 1.62. The Labute approximate surface area is 191 Å². The second-order valence-electron chi connectivity index (χ2n) is 8.83. The van der Waals surface area contributed by atoms with Gasteiger partial charge >= 0.3 is 12.1 Å². The Kier molecular flexibility index (Phi) is 3.98. The summed E-state index contributed by atoms with van der Waals surface area (Å²) in [5, 5.41) is 10.6. The molecule has 8 heteroatoms. The lowest BCUT2D eigenvalue weighted by atomic mass is 9.47. The lowest BCUT2D eigenvalue weighted by molar-refractivity contribution is -0.149. The molecule has 0 spiro atoms. The van der Waals surface area contributed by atoms with Crippen LogP contribution in [0.4, 0.5) is 18.9 Å². The van der Waals surface area contributed by atoms with Gasteiger partial charge in [-0.15, -0.1) is 0 Å². The van der Waals surface area contributed by atoms with E-state index in [0.29, 0.717) is 22.3 Å². The van der Waals surface area contributed by atoms with E-state index in [0.717, 1.165) is 23.1 Å². The number of halogens is 3. The van der Waals surface area contributed by atoms with E-state index in [-0.39, 0.29) is 5.69 Å². The van der Waals surface area contributed by atoms with Crippen LogP contribution in [-0.4, -0.2) is 22.9 Å². The van der Waals surface area contributed by atoms with Crippen molar-refractivity contribution in [2.45, 2.75) is 17.5 Å². The number of amides is 2. The number of aliphatic carboxylic acids is 1. The van der Waals surface area contributed by atoms with Crippen LogP contribution in [0.25, 0.3) is 0 Å². The van der Waals surface area contributed by atoms with Crippen molar-refractivity contribution in [1.82, 2.24) is 0 Å². The zero-order valence-electron chi connectivity index (χ0n) is 17.4. The third-order valence-electron chi connectivity index (χ3n) is 7.39. The largest absolute Gasteiger partial charge is 0.480 e. The van der Waals surface area contributed by atoms with E-state index in [9.17, 15) is 32.7 Å². The average molecular weight is 463 g/mol. The fourth-order valence-electron chi connectivity index (χ4n) is 6.21. The van der Waals surface area contributed by atoms with E-state index < -0.39 is 52.7 Å². The average Bonchev–Trinajstić information content (AvgIpc) is 3.09. The fourth-order valence-corrected chi connectivity index (χ4v) is 6.21. The summed E-state index contributed by atoms with van der Waals surface area (Å²) in [5.41, 5.74) is -0.849. The molecular weight excluding hydrogens is 447 g/mol. The molecule has 1 N–H and O–H groups in total. The Morgan fingerprint density at radius 2 is 1.44 bits per heavy atom. The number of hydrogen-bond acceptors (Lipinski definition) is 3. The molecule has 2 amide bonds. The molecule has 3 aromatic rings. The van der Waals surface area contributed by atoms with Crippen molar-refractivity contribution >= 4 is 23.5 Å². The molecule has 0 aromatic heterocycles. The molecule has 1 fully saturated rings. The van der Waals surface area contributed by atoms with Gasteiger partial charge in [-0.25, -0.2) is 4.90 Å². The number of carbonyl (C=O) groups excluding carboxylic acids is 2. The van der Waals surface area contributed by atoms with Gasteiger partial charge in [-0.3, -0.25) is 14.4 Å². The van der Waals surface area contributed by atoms with Crippen molar-refractivity contribution < 1.29 is 32.7 Å². The highest BCUT2D eigenvalue weighted by Crippen LogP contribution is 2.64. The van der Waals surface area contributed by atoms with Crippen molar-refractivity contribution in [3.8, 4) is 0 Å². The van der Waals surface area contributed by atoms with Crippen LogP contribution in [0.2, 0.25) is 0 Å². The molecule has 34 heavy (non-hydrogen) atoms. The van der Waals surface area contributed by atoms with Gasteiger partial charge in [-0.1, -0.05) is 54.6 Å². The predicted octanol–water partition coefficient (Wildman–Crippen LogP) is 4.34. The molecule has 5 nitrogen and oxygen atoms in total. The fraction of sp³-hybridized carbons (Fsp3) is 0.192. The molecule has 2 atom stereocenters. The first-order valence-electron chi connectivity index (χ1n) is 10.7. The second-order valence-corrected chi connectivity index (χ2v) is 8.83. The van der Waals surface area contributed by atoms with Crippen molar-refractivity contribution in [3.05, 3.63) is 101 Å². The van der Waals surface area contributed by atoms with Crippen molar-refractivity contribution in [2.75, 3.05) is 4.90 Å². The van der Waals surface area contributed by atoms with Crippen LogP contribution in [-0.2, 0) is 26.0 Å². The van der Waals surface area contributed by atoms with Gasteiger partial charge in [0.15, 0.2) is 0 Å². The predicted molar refractivity (Wildman–Crippen MR) is 114 cm³/mol. The summed E-state index contributed by atoms with van der Waals surface area (Å²) in [6.45, 7) is 0. The van der Waals surface area contributed by atoms with Gasteiger partial charge in [0.05, 0.1) is 23.1 Å². The summed E-state index contributed by atoms with van der Waals surface area (Å²) < 4.78 is 40.0. The number of carboxylic acid groups (broad SMARTS) is 1. The Bertz CT molecular complexity index is 1370. The number of carbonyl (C=O) groups is 3. The van der Waals surface area contributed by atoms with Gasteiger partial charge < -0.3 is 5.11 Å². The molecule has 4 aliphatic rings. The van der Waals surface area contributed by atoms with E-state index in [4.69, 9.17) is 0 Å². The molecular formula is C26H16F3NO4. The minimum Gasteiger partial charge on any atom is -0.480 e. The summed E-state index contributed by atoms with van der Waals surface area (Å²) in [6, 6.07) is 17.7. The number of anilines is 1. The smallest absolute Gasteiger partial charge is 0.416 e. The van der Waals surface area contributed by atoms with Crippen molar-refractivity contribution in [1.29, 1.82) is 0 Å². The second kappa shape index (κ2) is 6.56. The van der Waals surface area contributed by atoms with Crippen LogP contribution in [0.5, 0.6) is 0 Å². The quantitative estimate of drug-likeness (QED) is 0.574. The van der Waals surface area contributed by atoms with E-state index in [1.807, 2.05) is 0 Å². The van der Waals surface area contributed by atoms with Crippen LogP contribution in [0.1, 0.15) is 33.7 Å². The number of benzene rings is 3. The number of nitrogens with zero attached hydrogens (tertiary/aromatic N) is 1. The molecule has 0 saturated carbocycles. The molecule has 2 bridgehead atoms. The van der Waals surface area contributed by atoms with Crippen molar-refractivity contribution in [2.24, 2.45) is 11.8 Å².